The van der Waals surface area contributed by atoms with Gasteiger partial charge in [-0.25, -0.2) is 0 Å². The number of nitrogens with zero attached hydrogens (tertiary/aromatic N) is 1. The van der Waals surface area contributed by atoms with Crippen LogP contribution in [0.2, 0.25) is 0 Å². The molecule has 92 valence electrons. The van der Waals surface area contributed by atoms with E-state index in [0.717, 1.165) is 18.4 Å². The number of phenolic OH excluding ortho intramolecular Hbond substituents is 1. The van der Waals surface area contributed by atoms with Gasteiger partial charge in [-0.2, -0.15) is 0 Å². The van der Waals surface area contributed by atoms with Gasteiger partial charge in [0.05, 0.1) is 6.54 Å². The molecule has 0 spiro atoms. The summed E-state index contributed by atoms with van der Waals surface area (Å²) in [7, 11) is 1.99. The number of carbonyl (C=O) groups is 1. The van der Waals surface area contributed by atoms with Crippen LogP contribution in [0.1, 0.15) is 23.7 Å². The summed E-state index contributed by atoms with van der Waals surface area (Å²) in [5, 5.41) is 9.15. The molecule has 17 heavy (non-hydrogen) atoms. The lowest BCUT2D eigenvalue weighted by Crippen LogP contribution is -2.28. The van der Waals surface area contributed by atoms with Crippen LogP contribution in [0, 0.1) is 11.8 Å². The van der Waals surface area contributed by atoms with E-state index in [9.17, 15) is 4.79 Å². The number of hydrogen-bond donors (Lipinski definition) is 1. The Hall–Kier alpha value is -1.35. The van der Waals surface area contributed by atoms with Gasteiger partial charge in [0.15, 0.2) is 5.78 Å². The molecule has 1 N–H and O–H groups in total. The number of benzene rings is 1. The van der Waals surface area contributed by atoms with Gasteiger partial charge < -0.3 is 5.11 Å². The van der Waals surface area contributed by atoms with E-state index in [-0.39, 0.29) is 11.5 Å². The first-order valence-corrected chi connectivity index (χ1v) is 6.07. The van der Waals surface area contributed by atoms with Crippen LogP contribution in [0.4, 0.5) is 0 Å². The maximum atomic E-state index is 11.9. The monoisotopic (exact) mass is 233 g/mol. The summed E-state index contributed by atoms with van der Waals surface area (Å²) < 4.78 is 0. The molecular formula is C14H19NO2. The van der Waals surface area contributed by atoms with Crippen molar-refractivity contribution in [1.82, 2.24) is 4.90 Å². The largest absolute Gasteiger partial charge is 0.508 e. The molecule has 1 fully saturated rings. The third-order valence-corrected chi connectivity index (χ3v) is 3.43. The predicted octanol–water partition coefficient (Wildman–Crippen LogP) is 2.16. The zero-order chi connectivity index (χ0) is 12.4. The van der Waals surface area contributed by atoms with Crippen LogP contribution in [-0.4, -0.2) is 35.9 Å². The fourth-order valence-electron chi connectivity index (χ4n) is 2.10. The van der Waals surface area contributed by atoms with Gasteiger partial charge in [-0.1, -0.05) is 6.92 Å². The number of ketones is 1. The molecule has 0 saturated heterocycles. The Kier molecular flexibility index (Phi) is 3.48. The summed E-state index contributed by atoms with van der Waals surface area (Å²) in [5.74, 6) is 1.90. The lowest BCUT2D eigenvalue weighted by Gasteiger charge is -2.15. The maximum absolute atomic E-state index is 11.9. The van der Waals surface area contributed by atoms with E-state index in [4.69, 9.17) is 5.11 Å². The zero-order valence-electron chi connectivity index (χ0n) is 10.4. The molecule has 0 radical (unpaired) electrons. The molecule has 1 aromatic carbocycles. The molecule has 0 heterocycles. The van der Waals surface area contributed by atoms with Gasteiger partial charge in [0, 0.05) is 12.1 Å². The maximum Gasteiger partial charge on any atom is 0.176 e. The van der Waals surface area contributed by atoms with Crippen LogP contribution >= 0.6 is 0 Å². The molecule has 1 saturated carbocycles. The van der Waals surface area contributed by atoms with Gasteiger partial charge in [0.25, 0.3) is 0 Å². The predicted molar refractivity (Wildman–Crippen MR) is 67.2 cm³/mol. The van der Waals surface area contributed by atoms with Gasteiger partial charge in [-0.15, -0.1) is 0 Å². The van der Waals surface area contributed by atoms with E-state index in [1.165, 1.54) is 6.42 Å². The van der Waals surface area contributed by atoms with Crippen molar-refractivity contribution in [2.75, 3.05) is 20.1 Å². The van der Waals surface area contributed by atoms with Crippen molar-refractivity contribution in [2.24, 2.45) is 11.8 Å². The Bertz CT molecular complexity index is 399. The van der Waals surface area contributed by atoms with Crippen LogP contribution in [0.15, 0.2) is 24.3 Å². The van der Waals surface area contributed by atoms with Crippen LogP contribution < -0.4 is 0 Å². The molecule has 0 bridgehead atoms. The van der Waals surface area contributed by atoms with Gasteiger partial charge in [0.2, 0.25) is 0 Å². The molecule has 0 aliphatic heterocycles. The lowest BCUT2D eigenvalue weighted by molar-refractivity contribution is 0.0943. The van der Waals surface area contributed by atoms with Gasteiger partial charge in [-0.3, -0.25) is 9.69 Å². The minimum Gasteiger partial charge on any atom is -0.508 e. The Balaban J connectivity index is 1.85. The third kappa shape index (κ3) is 3.30. The summed E-state index contributed by atoms with van der Waals surface area (Å²) in [4.78, 5) is 14.0. The van der Waals surface area contributed by atoms with E-state index in [1.807, 2.05) is 7.05 Å². The minimum atomic E-state index is 0.112. The second-order valence-electron chi connectivity index (χ2n) is 5.14. The van der Waals surface area contributed by atoms with Crippen molar-refractivity contribution in [3.05, 3.63) is 29.8 Å². The van der Waals surface area contributed by atoms with Crippen molar-refractivity contribution in [1.29, 1.82) is 0 Å². The van der Waals surface area contributed by atoms with Gasteiger partial charge >= 0.3 is 0 Å². The Morgan fingerprint density at radius 3 is 2.53 bits per heavy atom. The average Bonchev–Trinajstić information content (AvgIpc) is 2.94. The SMILES string of the molecule is CC1CC1CN(C)CC(=O)c1ccc(O)cc1. The number of hydrogen-bond acceptors (Lipinski definition) is 3. The van der Waals surface area contributed by atoms with Crippen molar-refractivity contribution in [3.63, 3.8) is 0 Å². The fourth-order valence-corrected chi connectivity index (χ4v) is 2.10. The highest BCUT2D eigenvalue weighted by molar-refractivity contribution is 5.97. The molecular weight excluding hydrogens is 214 g/mol. The first-order chi connectivity index (χ1) is 8.06. The summed E-state index contributed by atoms with van der Waals surface area (Å²) in [5.41, 5.74) is 0.665. The van der Waals surface area contributed by atoms with Crippen LogP contribution in [0.25, 0.3) is 0 Å². The average molecular weight is 233 g/mol. The van der Waals surface area contributed by atoms with Crippen molar-refractivity contribution in [3.8, 4) is 5.75 Å². The first-order valence-electron chi connectivity index (χ1n) is 6.07. The van der Waals surface area contributed by atoms with E-state index >= 15 is 0 Å². The minimum absolute atomic E-state index is 0.112. The van der Waals surface area contributed by atoms with Crippen LogP contribution in [-0.2, 0) is 0 Å². The van der Waals surface area contributed by atoms with Crippen LogP contribution in [0.3, 0.4) is 0 Å². The molecule has 3 heteroatoms. The quantitative estimate of drug-likeness (QED) is 0.792. The Morgan fingerprint density at radius 2 is 2.00 bits per heavy atom. The van der Waals surface area contributed by atoms with Crippen LogP contribution in [0.5, 0.6) is 5.75 Å². The second-order valence-corrected chi connectivity index (χ2v) is 5.14. The Labute approximate surface area is 102 Å². The van der Waals surface area contributed by atoms with E-state index in [0.29, 0.717) is 12.1 Å². The third-order valence-electron chi connectivity index (χ3n) is 3.43. The highest BCUT2D eigenvalue weighted by Crippen LogP contribution is 2.37. The van der Waals surface area contributed by atoms with E-state index in [1.54, 1.807) is 24.3 Å². The number of Topliss-reactive ketones (excluding diaryl/α,β-unsaturated/α-hetero) is 1. The first kappa shape index (κ1) is 12.1. The molecule has 1 aliphatic rings. The highest BCUT2D eigenvalue weighted by atomic mass is 16.3. The van der Waals surface area contributed by atoms with Crippen molar-refractivity contribution >= 4 is 5.78 Å². The standard InChI is InChI=1S/C14H19NO2/c1-10-7-12(10)8-15(2)9-14(17)11-3-5-13(16)6-4-11/h3-6,10,12,16H,7-9H2,1-2H3. The zero-order valence-corrected chi connectivity index (χ0v) is 10.4. The van der Waals surface area contributed by atoms with E-state index < -0.39 is 0 Å². The fraction of sp³-hybridized carbons (Fsp3) is 0.500. The number of aromatic hydroxyl groups is 1. The molecule has 1 aliphatic carbocycles. The molecule has 2 unspecified atom stereocenters. The molecule has 2 rings (SSSR count). The molecule has 3 nitrogen and oxygen atoms in total. The van der Waals surface area contributed by atoms with Gasteiger partial charge in [-0.05, 0) is 49.6 Å². The topological polar surface area (TPSA) is 40.5 Å². The number of rotatable bonds is 5. The summed E-state index contributed by atoms with van der Waals surface area (Å²) >= 11 is 0. The van der Waals surface area contributed by atoms with Gasteiger partial charge in [0.1, 0.15) is 5.75 Å². The smallest absolute Gasteiger partial charge is 0.176 e. The summed E-state index contributed by atoms with van der Waals surface area (Å²) in [6, 6.07) is 6.45. The molecule has 2 atom stereocenters. The van der Waals surface area contributed by atoms with E-state index in [2.05, 4.69) is 11.8 Å². The molecule has 0 amide bonds. The highest BCUT2D eigenvalue weighted by Gasteiger charge is 2.33. The summed E-state index contributed by atoms with van der Waals surface area (Å²) in [6.45, 7) is 3.71. The number of carbonyl (C=O) groups excluding carboxylic acids is 1. The number of phenols is 1. The summed E-state index contributed by atoms with van der Waals surface area (Å²) in [6.07, 6.45) is 1.29. The van der Waals surface area contributed by atoms with Crippen molar-refractivity contribution < 1.29 is 9.90 Å². The second kappa shape index (κ2) is 4.88. The molecule has 0 aromatic heterocycles. The normalized spacial score (nSPS) is 22.8. The van der Waals surface area contributed by atoms with Crippen molar-refractivity contribution in [2.45, 2.75) is 13.3 Å². The molecule has 1 aromatic rings. The lowest BCUT2D eigenvalue weighted by atomic mass is 10.1. The Morgan fingerprint density at radius 1 is 1.41 bits per heavy atom. The number of likely N-dealkylation sites (N-methyl/N-ethyl adjacent to an activating group) is 1.